The van der Waals surface area contributed by atoms with E-state index in [1.54, 1.807) is 0 Å². The summed E-state index contributed by atoms with van der Waals surface area (Å²) in [7, 11) is 0. The third-order valence-corrected chi connectivity index (χ3v) is 3.15. The minimum Gasteiger partial charge on any atom is -0.492 e. The molecule has 2 N–H and O–H groups in total. The Labute approximate surface area is 95.5 Å². The molecule has 1 heterocycles. The van der Waals surface area contributed by atoms with E-state index in [9.17, 15) is 19.2 Å². The second-order valence-electron chi connectivity index (χ2n) is 4.14. The van der Waals surface area contributed by atoms with Crippen LogP contribution in [0.1, 0.15) is 37.3 Å². The van der Waals surface area contributed by atoms with Gasteiger partial charge in [0.2, 0.25) is 5.88 Å². The highest BCUT2D eigenvalue weighted by atomic mass is 19.2. The van der Waals surface area contributed by atoms with Gasteiger partial charge in [-0.1, -0.05) is 22.1 Å². The van der Waals surface area contributed by atoms with Gasteiger partial charge in [0.1, 0.15) is 5.56 Å². The predicted molar refractivity (Wildman–Crippen MR) is 56.6 cm³/mol. The molecule has 0 saturated heterocycles. The summed E-state index contributed by atoms with van der Waals surface area (Å²) in [5.41, 5.74) is -2.48. The third-order valence-electron chi connectivity index (χ3n) is 3.15. The number of rotatable bonds is 2. The van der Waals surface area contributed by atoms with Crippen LogP contribution in [-0.4, -0.2) is 19.6 Å². The summed E-state index contributed by atoms with van der Waals surface area (Å²) in [6, 6.07) is -0.345. The second kappa shape index (κ2) is 4.33. The summed E-state index contributed by atoms with van der Waals surface area (Å²) in [6.07, 6.45) is 3.01. The number of aliphatic hydroxyl groups is 1. The maximum absolute atomic E-state index is 13.4. The first-order valence-electron chi connectivity index (χ1n) is 5.44. The van der Waals surface area contributed by atoms with Crippen molar-refractivity contribution in [3.63, 3.8) is 0 Å². The first-order chi connectivity index (χ1) is 8.07. The standard InChI is InChI=1S/C10H13FN2O4/c11-13-9(16)7(5-14)8(15)12(10(13)17)6-3-1-2-4-6/h6,14,16H,1-5H2. The summed E-state index contributed by atoms with van der Waals surface area (Å²) in [6.45, 7) is -0.804. The maximum Gasteiger partial charge on any atom is 0.362 e. The Morgan fingerprint density at radius 1 is 1.29 bits per heavy atom. The molecule has 1 saturated carbocycles. The van der Waals surface area contributed by atoms with E-state index in [4.69, 9.17) is 5.11 Å². The lowest BCUT2D eigenvalue weighted by Crippen LogP contribution is -2.41. The Balaban J connectivity index is 2.70. The van der Waals surface area contributed by atoms with E-state index < -0.39 is 34.1 Å². The summed E-state index contributed by atoms with van der Waals surface area (Å²) in [4.78, 5) is 22.9. The molecule has 0 aromatic carbocycles. The topological polar surface area (TPSA) is 84.5 Å². The monoisotopic (exact) mass is 244 g/mol. The number of hydrogen-bond acceptors (Lipinski definition) is 4. The quantitative estimate of drug-likeness (QED) is 0.770. The van der Waals surface area contributed by atoms with Crippen LogP contribution in [0.25, 0.3) is 0 Å². The first kappa shape index (κ1) is 11.8. The summed E-state index contributed by atoms with van der Waals surface area (Å²) in [5, 5.41) is 18.2. The molecule has 94 valence electrons. The number of halogens is 1. The Morgan fingerprint density at radius 3 is 2.41 bits per heavy atom. The molecule has 0 bridgehead atoms. The lowest BCUT2D eigenvalue weighted by atomic mass is 10.2. The van der Waals surface area contributed by atoms with Crippen molar-refractivity contribution < 1.29 is 14.7 Å². The molecule has 1 aromatic rings. The van der Waals surface area contributed by atoms with Crippen LogP contribution >= 0.6 is 0 Å². The highest BCUT2D eigenvalue weighted by molar-refractivity contribution is 5.21. The van der Waals surface area contributed by atoms with Crippen molar-refractivity contribution in [2.75, 3.05) is 0 Å². The fraction of sp³-hybridized carbons (Fsp3) is 0.600. The van der Waals surface area contributed by atoms with Crippen LogP contribution < -0.4 is 11.2 Å². The molecule has 1 aromatic heterocycles. The average molecular weight is 244 g/mol. The minimum absolute atomic E-state index is 0.345. The van der Waals surface area contributed by atoms with E-state index in [0.29, 0.717) is 12.8 Å². The van der Waals surface area contributed by atoms with Crippen molar-refractivity contribution in [1.29, 1.82) is 0 Å². The van der Waals surface area contributed by atoms with E-state index in [0.717, 1.165) is 17.4 Å². The van der Waals surface area contributed by atoms with E-state index in [2.05, 4.69) is 0 Å². The molecule has 0 amide bonds. The van der Waals surface area contributed by atoms with E-state index in [1.807, 2.05) is 0 Å². The first-order valence-corrected chi connectivity index (χ1v) is 5.44. The van der Waals surface area contributed by atoms with Crippen LogP contribution in [-0.2, 0) is 6.61 Å². The Bertz CT molecular complexity index is 542. The summed E-state index contributed by atoms with van der Waals surface area (Å²) in [5.74, 6) is -1.11. The molecule has 1 aliphatic carbocycles. The van der Waals surface area contributed by atoms with Crippen molar-refractivity contribution in [2.45, 2.75) is 38.3 Å². The van der Waals surface area contributed by atoms with Gasteiger partial charge in [-0.15, -0.1) is 0 Å². The maximum atomic E-state index is 13.4. The SMILES string of the molecule is O=c1c(CO)c(O)n(F)c(=O)n1C1CCCC1. The van der Waals surface area contributed by atoms with Gasteiger partial charge in [-0.05, 0) is 12.8 Å². The van der Waals surface area contributed by atoms with Crippen molar-refractivity contribution >= 4 is 0 Å². The Kier molecular flexibility index (Phi) is 3.01. The highest BCUT2D eigenvalue weighted by Crippen LogP contribution is 2.27. The molecule has 0 atom stereocenters. The van der Waals surface area contributed by atoms with Crippen molar-refractivity contribution in [2.24, 2.45) is 0 Å². The van der Waals surface area contributed by atoms with Crippen LogP contribution in [0, 0.1) is 0 Å². The number of aliphatic hydroxyl groups excluding tert-OH is 1. The molecule has 6 nitrogen and oxygen atoms in total. The largest absolute Gasteiger partial charge is 0.492 e. The molecule has 1 fully saturated rings. The fourth-order valence-corrected chi connectivity index (χ4v) is 2.25. The van der Waals surface area contributed by atoms with Crippen molar-refractivity contribution in [1.82, 2.24) is 9.36 Å². The molecule has 0 aliphatic heterocycles. The zero-order valence-corrected chi connectivity index (χ0v) is 9.10. The van der Waals surface area contributed by atoms with Crippen LogP contribution in [0.2, 0.25) is 0 Å². The fourth-order valence-electron chi connectivity index (χ4n) is 2.25. The molecule has 0 radical (unpaired) electrons. The zero-order valence-electron chi connectivity index (χ0n) is 9.10. The second-order valence-corrected chi connectivity index (χ2v) is 4.14. The van der Waals surface area contributed by atoms with E-state index >= 15 is 0 Å². The molecule has 7 heteroatoms. The van der Waals surface area contributed by atoms with Gasteiger partial charge < -0.3 is 10.2 Å². The summed E-state index contributed by atoms with van der Waals surface area (Å²) >= 11 is 0. The molecule has 0 unspecified atom stereocenters. The smallest absolute Gasteiger partial charge is 0.362 e. The van der Waals surface area contributed by atoms with Gasteiger partial charge in [-0.3, -0.25) is 9.36 Å². The van der Waals surface area contributed by atoms with E-state index in [1.165, 1.54) is 0 Å². The van der Waals surface area contributed by atoms with Gasteiger partial charge in [0.05, 0.1) is 6.61 Å². The third kappa shape index (κ3) is 1.76. The highest BCUT2D eigenvalue weighted by Gasteiger charge is 2.25. The van der Waals surface area contributed by atoms with Crippen LogP contribution in [0.15, 0.2) is 9.59 Å². The number of nitrogens with zero attached hydrogens (tertiary/aromatic N) is 2. The number of hydrogen-bond donors (Lipinski definition) is 2. The summed E-state index contributed by atoms with van der Waals surface area (Å²) < 4.78 is 14.1. The van der Waals surface area contributed by atoms with Crippen LogP contribution in [0.3, 0.4) is 0 Å². The van der Waals surface area contributed by atoms with Gasteiger partial charge in [-0.2, -0.15) is 0 Å². The van der Waals surface area contributed by atoms with Gasteiger partial charge in [0.25, 0.3) is 5.56 Å². The lowest BCUT2D eigenvalue weighted by Gasteiger charge is -2.14. The number of aromatic hydroxyl groups is 1. The minimum atomic E-state index is -1.18. The predicted octanol–water partition coefficient (Wildman–Crippen LogP) is 0.0556. The molecular formula is C10H13FN2O4. The van der Waals surface area contributed by atoms with Gasteiger partial charge >= 0.3 is 5.69 Å². The molecular weight excluding hydrogens is 231 g/mol. The van der Waals surface area contributed by atoms with Gasteiger partial charge in [0.15, 0.2) is 0 Å². The van der Waals surface area contributed by atoms with Gasteiger partial charge in [-0.25, -0.2) is 4.79 Å². The van der Waals surface area contributed by atoms with Crippen molar-refractivity contribution in [3.8, 4) is 5.88 Å². The number of aromatic nitrogens is 2. The molecule has 0 spiro atoms. The normalized spacial score (nSPS) is 16.6. The van der Waals surface area contributed by atoms with Crippen molar-refractivity contribution in [3.05, 3.63) is 26.4 Å². The Hall–Kier alpha value is -1.63. The molecule has 17 heavy (non-hydrogen) atoms. The Morgan fingerprint density at radius 2 is 1.88 bits per heavy atom. The van der Waals surface area contributed by atoms with Crippen LogP contribution in [0.4, 0.5) is 4.48 Å². The zero-order chi connectivity index (χ0) is 12.6. The van der Waals surface area contributed by atoms with Crippen LogP contribution in [0.5, 0.6) is 5.88 Å². The van der Waals surface area contributed by atoms with E-state index in [-0.39, 0.29) is 6.04 Å². The molecule has 2 rings (SSSR count). The molecule has 1 aliphatic rings. The van der Waals surface area contributed by atoms with Gasteiger partial charge in [0, 0.05) is 6.04 Å². The average Bonchev–Trinajstić information content (AvgIpc) is 2.81. The lowest BCUT2D eigenvalue weighted by molar-refractivity contribution is 0.225.